The Kier molecular flexibility index (Phi) is 3.09. The number of aryl methyl sites for hydroxylation is 1. The van der Waals surface area contributed by atoms with Crippen LogP contribution < -0.4 is 0 Å². The second-order valence-corrected chi connectivity index (χ2v) is 6.39. The molecule has 0 unspecified atom stereocenters. The standard InChI is InChI=1S/C11H9N3S3/c1-7-14-8(4-16-7)5-17-11-9-2-3-15-10(9)12-6-13-11/h2-4,6H,5H2,1H3. The van der Waals surface area contributed by atoms with Crippen molar-refractivity contribution in [2.75, 3.05) is 0 Å². The summed E-state index contributed by atoms with van der Waals surface area (Å²) >= 11 is 5.06. The van der Waals surface area contributed by atoms with Crippen LogP contribution >= 0.6 is 34.4 Å². The summed E-state index contributed by atoms with van der Waals surface area (Å²) in [6.45, 7) is 2.03. The number of rotatable bonds is 3. The van der Waals surface area contributed by atoms with E-state index in [9.17, 15) is 0 Å². The van der Waals surface area contributed by atoms with E-state index in [1.165, 1.54) is 0 Å². The fourth-order valence-corrected chi connectivity index (χ4v) is 3.89. The molecule has 0 bridgehead atoms. The molecule has 3 heterocycles. The number of fused-ring (bicyclic) bond motifs is 1. The first kappa shape index (κ1) is 11.1. The Labute approximate surface area is 111 Å². The van der Waals surface area contributed by atoms with E-state index < -0.39 is 0 Å². The zero-order valence-electron chi connectivity index (χ0n) is 9.08. The quantitative estimate of drug-likeness (QED) is 0.540. The Balaban J connectivity index is 1.83. The first-order chi connectivity index (χ1) is 8.33. The smallest absolute Gasteiger partial charge is 0.127 e. The Bertz CT molecular complexity index is 644. The number of thioether (sulfide) groups is 1. The summed E-state index contributed by atoms with van der Waals surface area (Å²) in [4.78, 5) is 14.1. The maximum atomic E-state index is 4.45. The first-order valence-electron chi connectivity index (χ1n) is 5.05. The van der Waals surface area contributed by atoms with Gasteiger partial charge in [-0.25, -0.2) is 15.0 Å². The van der Waals surface area contributed by atoms with Gasteiger partial charge in [0.15, 0.2) is 0 Å². The van der Waals surface area contributed by atoms with E-state index in [0.29, 0.717) is 0 Å². The molecular weight excluding hydrogens is 270 g/mol. The third-order valence-electron chi connectivity index (χ3n) is 2.25. The fourth-order valence-electron chi connectivity index (χ4n) is 1.50. The molecule has 0 atom stereocenters. The van der Waals surface area contributed by atoms with E-state index in [2.05, 4.69) is 31.8 Å². The summed E-state index contributed by atoms with van der Waals surface area (Å²) in [5, 5.41) is 7.46. The Morgan fingerprint density at radius 3 is 3.06 bits per heavy atom. The molecule has 3 aromatic rings. The Hall–Kier alpha value is -0.980. The molecule has 3 rings (SSSR count). The van der Waals surface area contributed by atoms with Gasteiger partial charge < -0.3 is 0 Å². The maximum Gasteiger partial charge on any atom is 0.127 e. The lowest BCUT2D eigenvalue weighted by Crippen LogP contribution is -1.85. The van der Waals surface area contributed by atoms with Gasteiger partial charge in [0.25, 0.3) is 0 Å². The third kappa shape index (κ3) is 2.34. The van der Waals surface area contributed by atoms with Crippen molar-refractivity contribution in [3.8, 4) is 0 Å². The van der Waals surface area contributed by atoms with Crippen LogP contribution in [0.5, 0.6) is 0 Å². The highest BCUT2D eigenvalue weighted by Gasteiger charge is 2.06. The van der Waals surface area contributed by atoms with Crippen molar-refractivity contribution in [3.63, 3.8) is 0 Å². The van der Waals surface area contributed by atoms with Crippen LogP contribution in [-0.4, -0.2) is 15.0 Å². The molecule has 6 heteroatoms. The summed E-state index contributed by atoms with van der Waals surface area (Å²) in [5.74, 6) is 0.867. The van der Waals surface area contributed by atoms with E-state index in [1.807, 2.05) is 6.92 Å². The van der Waals surface area contributed by atoms with Crippen molar-refractivity contribution in [2.24, 2.45) is 0 Å². The molecule has 0 aliphatic heterocycles. The zero-order chi connectivity index (χ0) is 11.7. The molecule has 3 aromatic heterocycles. The molecule has 0 aliphatic rings. The number of thiazole rings is 1. The van der Waals surface area contributed by atoms with Gasteiger partial charge in [-0.3, -0.25) is 0 Å². The van der Waals surface area contributed by atoms with Crippen molar-refractivity contribution >= 4 is 44.7 Å². The molecule has 86 valence electrons. The minimum absolute atomic E-state index is 0.867. The van der Waals surface area contributed by atoms with Crippen molar-refractivity contribution in [3.05, 3.63) is 33.9 Å². The van der Waals surface area contributed by atoms with Gasteiger partial charge in [0.1, 0.15) is 16.2 Å². The van der Waals surface area contributed by atoms with E-state index in [-0.39, 0.29) is 0 Å². The Morgan fingerprint density at radius 1 is 1.29 bits per heavy atom. The third-order valence-corrected chi connectivity index (χ3v) is 4.93. The van der Waals surface area contributed by atoms with Crippen LogP contribution in [-0.2, 0) is 5.75 Å². The fraction of sp³-hybridized carbons (Fsp3) is 0.182. The molecule has 0 saturated heterocycles. The lowest BCUT2D eigenvalue weighted by molar-refractivity contribution is 1.10. The van der Waals surface area contributed by atoms with Crippen LogP contribution in [0.3, 0.4) is 0 Å². The molecule has 3 nitrogen and oxygen atoms in total. The summed E-state index contributed by atoms with van der Waals surface area (Å²) < 4.78 is 0. The highest BCUT2D eigenvalue weighted by Crippen LogP contribution is 2.29. The summed E-state index contributed by atoms with van der Waals surface area (Å²) in [7, 11) is 0. The molecule has 0 radical (unpaired) electrons. The monoisotopic (exact) mass is 279 g/mol. The topological polar surface area (TPSA) is 38.7 Å². The molecule has 0 spiro atoms. The molecule has 0 amide bonds. The molecule has 0 aliphatic carbocycles. The predicted molar refractivity (Wildman–Crippen MR) is 73.8 cm³/mol. The van der Waals surface area contributed by atoms with Gasteiger partial charge in [0, 0.05) is 16.5 Å². The molecule has 0 saturated carbocycles. The van der Waals surface area contributed by atoms with E-state index in [1.54, 1.807) is 40.8 Å². The predicted octanol–water partition coefficient (Wildman–Crippen LogP) is 3.75. The number of thiophene rings is 1. The normalized spacial score (nSPS) is 11.1. The highest BCUT2D eigenvalue weighted by atomic mass is 32.2. The minimum Gasteiger partial charge on any atom is -0.246 e. The van der Waals surface area contributed by atoms with E-state index in [4.69, 9.17) is 0 Å². The SMILES string of the molecule is Cc1nc(CSc2ncnc3sccc23)cs1. The molecular formula is C11H9N3S3. The maximum absolute atomic E-state index is 4.45. The highest BCUT2D eigenvalue weighted by molar-refractivity contribution is 7.98. The van der Waals surface area contributed by atoms with Gasteiger partial charge >= 0.3 is 0 Å². The van der Waals surface area contributed by atoms with Crippen molar-refractivity contribution in [1.29, 1.82) is 0 Å². The van der Waals surface area contributed by atoms with E-state index in [0.717, 1.165) is 31.7 Å². The van der Waals surface area contributed by atoms with Crippen LogP contribution in [0, 0.1) is 6.92 Å². The van der Waals surface area contributed by atoms with Crippen molar-refractivity contribution < 1.29 is 0 Å². The second kappa shape index (κ2) is 4.72. The van der Waals surface area contributed by atoms with Gasteiger partial charge in [-0.15, -0.1) is 22.7 Å². The zero-order valence-corrected chi connectivity index (χ0v) is 11.5. The average Bonchev–Trinajstić information content (AvgIpc) is 2.94. The van der Waals surface area contributed by atoms with Gasteiger partial charge in [-0.05, 0) is 18.4 Å². The van der Waals surface area contributed by atoms with Gasteiger partial charge in [-0.1, -0.05) is 11.8 Å². The Morgan fingerprint density at radius 2 is 2.24 bits per heavy atom. The second-order valence-electron chi connectivity index (χ2n) is 3.46. The first-order valence-corrected chi connectivity index (χ1v) is 7.79. The molecule has 0 fully saturated rings. The lowest BCUT2D eigenvalue weighted by Gasteiger charge is -1.99. The van der Waals surface area contributed by atoms with Crippen molar-refractivity contribution in [1.82, 2.24) is 15.0 Å². The lowest BCUT2D eigenvalue weighted by atomic mass is 10.4. The molecule has 0 N–H and O–H groups in total. The summed E-state index contributed by atoms with van der Waals surface area (Å²) in [5.41, 5.74) is 1.12. The average molecular weight is 279 g/mol. The van der Waals surface area contributed by atoms with Crippen LogP contribution in [0.4, 0.5) is 0 Å². The van der Waals surface area contributed by atoms with Gasteiger partial charge in [0.05, 0.1) is 10.7 Å². The van der Waals surface area contributed by atoms with Gasteiger partial charge in [-0.2, -0.15) is 0 Å². The number of aromatic nitrogens is 3. The summed E-state index contributed by atoms with van der Waals surface area (Å²) in [6, 6.07) is 2.08. The molecule has 17 heavy (non-hydrogen) atoms. The number of hydrogen-bond acceptors (Lipinski definition) is 6. The van der Waals surface area contributed by atoms with Crippen LogP contribution in [0.1, 0.15) is 10.7 Å². The van der Waals surface area contributed by atoms with Crippen molar-refractivity contribution in [2.45, 2.75) is 17.7 Å². The largest absolute Gasteiger partial charge is 0.246 e. The molecule has 0 aromatic carbocycles. The minimum atomic E-state index is 0.867. The summed E-state index contributed by atoms with van der Waals surface area (Å²) in [6.07, 6.45) is 1.63. The van der Waals surface area contributed by atoms with Gasteiger partial charge in [0.2, 0.25) is 0 Å². The number of hydrogen-bond donors (Lipinski definition) is 0. The van der Waals surface area contributed by atoms with Crippen LogP contribution in [0.15, 0.2) is 28.2 Å². The van der Waals surface area contributed by atoms with Crippen LogP contribution in [0.25, 0.3) is 10.2 Å². The van der Waals surface area contributed by atoms with Crippen LogP contribution in [0.2, 0.25) is 0 Å². The number of nitrogens with zero attached hydrogens (tertiary/aromatic N) is 3. The van der Waals surface area contributed by atoms with E-state index >= 15 is 0 Å².